The van der Waals surface area contributed by atoms with Crippen LogP contribution in [0.5, 0.6) is 5.88 Å². The fourth-order valence-corrected chi connectivity index (χ4v) is 2.25. The minimum absolute atomic E-state index is 0.0309. The fourth-order valence-electron chi connectivity index (χ4n) is 2.25. The van der Waals surface area contributed by atoms with Crippen molar-refractivity contribution in [2.24, 2.45) is 11.7 Å². The zero-order chi connectivity index (χ0) is 13.1. The predicted molar refractivity (Wildman–Crippen MR) is 66.1 cm³/mol. The number of nitrogens with two attached hydrogens (primary N) is 2. The summed E-state index contributed by atoms with van der Waals surface area (Å²) in [5.41, 5.74) is 11.0. The Morgan fingerprint density at radius 1 is 1.50 bits per heavy atom. The summed E-state index contributed by atoms with van der Waals surface area (Å²) in [7, 11) is 0. The molecule has 0 bridgehead atoms. The lowest BCUT2D eigenvalue weighted by Gasteiger charge is -2.19. The summed E-state index contributed by atoms with van der Waals surface area (Å²) in [5.74, 6) is 0.520. The van der Waals surface area contributed by atoms with Crippen molar-refractivity contribution in [1.29, 1.82) is 0 Å². The van der Waals surface area contributed by atoms with Crippen LogP contribution in [0.25, 0.3) is 0 Å². The zero-order valence-electron chi connectivity index (χ0n) is 9.91. The van der Waals surface area contributed by atoms with Crippen molar-refractivity contribution in [1.82, 2.24) is 4.98 Å². The lowest BCUT2D eigenvalue weighted by Crippen LogP contribution is -2.28. The first kappa shape index (κ1) is 12.6. The van der Waals surface area contributed by atoms with Gasteiger partial charge in [-0.05, 0) is 25.8 Å². The van der Waals surface area contributed by atoms with Gasteiger partial charge in [0.05, 0.1) is 4.92 Å². The largest absolute Gasteiger partial charge is 0.474 e. The van der Waals surface area contributed by atoms with Crippen LogP contribution in [-0.4, -0.2) is 22.6 Å². The van der Waals surface area contributed by atoms with Crippen LogP contribution in [0.15, 0.2) is 12.1 Å². The number of nitrogen functional groups attached to an aromatic ring is 1. The Morgan fingerprint density at radius 2 is 2.28 bits per heavy atom. The quantitative estimate of drug-likeness (QED) is 0.611. The summed E-state index contributed by atoms with van der Waals surface area (Å²) in [5, 5.41) is 10.6. The van der Waals surface area contributed by atoms with Crippen molar-refractivity contribution in [3.05, 3.63) is 22.2 Å². The molecule has 2 unspecified atom stereocenters. The highest BCUT2D eigenvalue weighted by molar-refractivity contribution is 5.53. The van der Waals surface area contributed by atoms with Crippen LogP contribution >= 0.6 is 0 Å². The number of aromatic nitrogens is 1. The molecule has 7 heteroatoms. The number of hydrogen-bond donors (Lipinski definition) is 2. The van der Waals surface area contributed by atoms with Gasteiger partial charge in [0.25, 0.3) is 0 Å². The standard InChI is InChI=1S/C11H16N4O3/c12-6-7-2-1-3-9(7)18-10-5-4-8(15(16)17)11(13)14-10/h4-5,7,9H,1-3,6,12H2,(H2,13,14). The molecule has 0 aliphatic heterocycles. The van der Waals surface area contributed by atoms with Gasteiger partial charge in [-0.25, -0.2) is 0 Å². The molecule has 0 spiro atoms. The summed E-state index contributed by atoms with van der Waals surface area (Å²) in [4.78, 5) is 13.9. The third-order valence-corrected chi connectivity index (χ3v) is 3.24. The van der Waals surface area contributed by atoms with Gasteiger partial charge in [0, 0.05) is 18.1 Å². The van der Waals surface area contributed by atoms with Crippen LogP contribution in [0, 0.1) is 16.0 Å². The summed E-state index contributed by atoms with van der Waals surface area (Å²) >= 11 is 0. The van der Waals surface area contributed by atoms with E-state index in [-0.39, 0.29) is 17.6 Å². The van der Waals surface area contributed by atoms with E-state index >= 15 is 0 Å². The van der Waals surface area contributed by atoms with Gasteiger partial charge in [-0.1, -0.05) is 0 Å². The molecule has 7 nitrogen and oxygen atoms in total. The van der Waals surface area contributed by atoms with Gasteiger partial charge >= 0.3 is 5.69 Å². The van der Waals surface area contributed by atoms with E-state index in [4.69, 9.17) is 16.2 Å². The molecule has 98 valence electrons. The van der Waals surface area contributed by atoms with Crippen molar-refractivity contribution >= 4 is 11.5 Å². The van der Waals surface area contributed by atoms with Gasteiger partial charge in [0.1, 0.15) is 6.10 Å². The number of ether oxygens (including phenoxy) is 1. The molecule has 1 aromatic heterocycles. The molecule has 1 aromatic rings. The Kier molecular flexibility index (Phi) is 3.61. The lowest BCUT2D eigenvalue weighted by molar-refractivity contribution is -0.384. The van der Waals surface area contributed by atoms with Crippen molar-refractivity contribution in [3.8, 4) is 5.88 Å². The number of rotatable bonds is 4. The fraction of sp³-hybridized carbons (Fsp3) is 0.545. The van der Waals surface area contributed by atoms with Crippen LogP contribution < -0.4 is 16.2 Å². The van der Waals surface area contributed by atoms with Crippen LogP contribution in [-0.2, 0) is 0 Å². The molecule has 18 heavy (non-hydrogen) atoms. The van der Waals surface area contributed by atoms with Crippen molar-refractivity contribution in [2.45, 2.75) is 25.4 Å². The van der Waals surface area contributed by atoms with E-state index in [0.717, 1.165) is 19.3 Å². The second kappa shape index (κ2) is 5.18. The molecule has 1 aliphatic carbocycles. The Morgan fingerprint density at radius 3 is 2.89 bits per heavy atom. The molecule has 2 atom stereocenters. The Balaban J connectivity index is 2.10. The molecule has 0 saturated heterocycles. The summed E-state index contributed by atoms with van der Waals surface area (Å²) in [6.45, 7) is 0.577. The Labute approximate surface area is 104 Å². The van der Waals surface area contributed by atoms with Gasteiger partial charge < -0.3 is 16.2 Å². The van der Waals surface area contributed by atoms with E-state index in [1.165, 1.54) is 12.1 Å². The second-order valence-corrected chi connectivity index (χ2v) is 4.39. The summed E-state index contributed by atoms with van der Waals surface area (Å²) < 4.78 is 5.70. The third-order valence-electron chi connectivity index (χ3n) is 3.24. The first-order valence-corrected chi connectivity index (χ1v) is 5.89. The minimum Gasteiger partial charge on any atom is -0.474 e. The van der Waals surface area contributed by atoms with E-state index in [9.17, 15) is 10.1 Å². The molecule has 1 aliphatic rings. The molecular weight excluding hydrogens is 236 g/mol. The number of pyridine rings is 1. The van der Waals surface area contributed by atoms with Gasteiger partial charge in [-0.15, -0.1) is 0 Å². The zero-order valence-corrected chi connectivity index (χ0v) is 9.91. The number of nitro groups is 1. The maximum Gasteiger partial charge on any atom is 0.311 e. The molecule has 1 fully saturated rings. The molecule has 0 amide bonds. The molecule has 1 saturated carbocycles. The molecule has 2 rings (SSSR count). The van der Waals surface area contributed by atoms with E-state index in [2.05, 4.69) is 4.98 Å². The summed E-state index contributed by atoms with van der Waals surface area (Å²) in [6, 6.07) is 2.78. The topological polar surface area (TPSA) is 117 Å². The average molecular weight is 252 g/mol. The van der Waals surface area contributed by atoms with Gasteiger partial charge in [0.15, 0.2) is 0 Å². The van der Waals surface area contributed by atoms with Crippen LogP contribution in [0.4, 0.5) is 11.5 Å². The van der Waals surface area contributed by atoms with E-state index in [1.807, 2.05) is 0 Å². The smallest absolute Gasteiger partial charge is 0.311 e. The first-order valence-electron chi connectivity index (χ1n) is 5.89. The molecule has 0 radical (unpaired) electrons. The average Bonchev–Trinajstić information content (AvgIpc) is 2.76. The second-order valence-electron chi connectivity index (χ2n) is 4.39. The molecular formula is C11H16N4O3. The van der Waals surface area contributed by atoms with Crippen LogP contribution in [0.2, 0.25) is 0 Å². The monoisotopic (exact) mass is 252 g/mol. The van der Waals surface area contributed by atoms with Crippen LogP contribution in [0.1, 0.15) is 19.3 Å². The highest BCUT2D eigenvalue weighted by Gasteiger charge is 2.28. The van der Waals surface area contributed by atoms with E-state index in [0.29, 0.717) is 18.3 Å². The van der Waals surface area contributed by atoms with Crippen molar-refractivity contribution < 1.29 is 9.66 Å². The van der Waals surface area contributed by atoms with Crippen LogP contribution in [0.3, 0.4) is 0 Å². The maximum absolute atomic E-state index is 10.6. The minimum atomic E-state index is -0.565. The van der Waals surface area contributed by atoms with Gasteiger partial charge in [-0.2, -0.15) is 4.98 Å². The Bertz CT molecular complexity index is 452. The predicted octanol–water partition coefficient (Wildman–Crippen LogP) is 1.08. The number of nitrogens with zero attached hydrogens (tertiary/aromatic N) is 2. The molecule has 1 heterocycles. The number of anilines is 1. The highest BCUT2D eigenvalue weighted by atomic mass is 16.6. The normalized spacial score (nSPS) is 22.9. The van der Waals surface area contributed by atoms with E-state index in [1.54, 1.807) is 0 Å². The lowest BCUT2D eigenvalue weighted by atomic mass is 10.1. The Hall–Kier alpha value is -1.89. The SMILES string of the molecule is NCC1CCCC1Oc1ccc([N+](=O)[O-])c(N)n1. The van der Waals surface area contributed by atoms with Crippen molar-refractivity contribution in [2.75, 3.05) is 12.3 Å². The molecule has 4 N–H and O–H groups in total. The molecule has 0 aromatic carbocycles. The van der Waals surface area contributed by atoms with Gasteiger partial charge in [-0.3, -0.25) is 10.1 Å². The third kappa shape index (κ3) is 2.51. The van der Waals surface area contributed by atoms with Gasteiger partial charge in [0.2, 0.25) is 11.7 Å². The number of hydrogen-bond acceptors (Lipinski definition) is 6. The first-order chi connectivity index (χ1) is 8.61. The van der Waals surface area contributed by atoms with E-state index < -0.39 is 4.92 Å². The van der Waals surface area contributed by atoms with Crippen molar-refractivity contribution in [3.63, 3.8) is 0 Å². The highest BCUT2D eigenvalue weighted by Crippen LogP contribution is 2.30. The summed E-state index contributed by atoms with van der Waals surface area (Å²) in [6.07, 6.45) is 3.09. The maximum atomic E-state index is 10.6.